The lowest BCUT2D eigenvalue weighted by atomic mass is 10.1. The summed E-state index contributed by atoms with van der Waals surface area (Å²) in [6.45, 7) is 3.59. The van der Waals surface area contributed by atoms with Crippen molar-refractivity contribution < 1.29 is 12.8 Å². The van der Waals surface area contributed by atoms with Crippen LogP contribution in [0, 0.1) is 6.92 Å². The average Bonchev–Trinajstić information content (AvgIpc) is 2.71. The van der Waals surface area contributed by atoms with Crippen molar-refractivity contribution in [2.75, 3.05) is 20.1 Å². The Morgan fingerprint density at radius 1 is 1.58 bits per heavy atom. The highest BCUT2D eigenvalue weighted by Gasteiger charge is 2.26. The molecule has 2 rings (SSSR count). The third kappa shape index (κ3) is 3.36. The third-order valence-corrected chi connectivity index (χ3v) is 4.99. The molecule has 1 unspecified atom stereocenters. The Hall–Kier alpha value is -0.890. The molecule has 1 atom stereocenters. The molecule has 19 heavy (non-hydrogen) atoms. The zero-order valence-electron chi connectivity index (χ0n) is 11.3. The Balaban J connectivity index is 2.15. The third-order valence-electron chi connectivity index (χ3n) is 3.36. The highest BCUT2D eigenvalue weighted by Crippen LogP contribution is 2.21. The molecule has 0 amide bonds. The van der Waals surface area contributed by atoms with E-state index in [1.165, 1.54) is 6.07 Å². The normalized spacial score (nSPS) is 21.7. The fraction of sp³-hybridized carbons (Fsp3) is 0.667. The number of nitrogens with two attached hydrogens (primary N) is 1. The van der Waals surface area contributed by atoms with Gasteiger partial charge in [0.1, 0.15) is 16.4 Å². The first kappa shape index (κ1) is 14.5. The smallest absolute Gasteiger partial charge is 0.244 e. The van der Waals surface area contributed by atoms with Crippen molar-refractivity contribution in [3.05, 3.63) is 17.6 Å². The van der Waals surface area contributed by atoms with Crippen LogP contribution in [0.5, 0.6) is 0 Å². The lowest BCUT2D eigenvalue weighted by Gasteiger charge is -2.29. The van der Waals surface area contributed by atoms with E-state index in [4.69, 9.17) is 10.2 Å². The van der Waals surface area contributed by atoms with Gasteiger partial charge in [-0.1, -0.05) is 0 Å². The maximum absolute atomic E-state index is 12.3. The van der Waals surface area contributed by atoms with Crippen LogP contribution in [0.1, 0.15) is 24.4 Å². The molecule has 1 aromatic heterocycles. The lowest BCUT2D eigenvalue weighted by molar-refractivity contribution is 0.242. The van der Waals surface area contributed by atoms with E-state index in [1.807, 2.05) is 7.05 Å². The summed E-state index contributed by atoms with van der Waals surface area (Å²) in [5.74, 6) is 0.871. The number of nitrogens with one attached hydrogen (secondary N) is 1. The molecule has 3 N–H and O–H groups in total. The monoisotopic (exact) mass is 287 g/mol. The molecule has 0 bridgehead atoms. The molecule has 1 aliphatic rings. The molecule has 0 spiro atoms. The van der Waals surface area contributed by atoms with Crippen LogP contribution in [-0.2, 0) is 16.6 Å². The van der Waals surface area contributed by atoms with Gasteiger partial charge in [0.15, 0.2) is 0 Å². The van der Waals surface area contributed by atoms with Crippen LogP contribution >= 0.6 is 0 Å². The van der Waals surface area contributed by atoms with Gasteiger partial charge in [0.2, 0.25) is 10.0 Å². The summed E-state index contributed by atoms with van der Waals surface area (Å²) >= 11 is 0. The van der Waals surface area contributed by atoms with Gasteiger partial charge in [-0.3, -0.25) is 0 Å². The Labute approximate surface area is 114 Å². The molecule has 0 aromatic carbocycles. The number of aryl methyl sites for hydroxylation is 1. The molecule has 0 radical (unpaired) electrons. The Bertz CT molecular complexity index is 538. The Morgan fingerprint density at radius 3 is 2.89 bits per heavy atom. The van der Waals surface area contributed by atoms with Crippen LogP contribution in [0.4, 0.5) is 0 Å². The van der Waals surface area contributed by atoms with Crippen molar-refractivity contribution in [2.45, 2.75) is 37.2 Å². The van der Waals surface area contributed by atoms with Gasteiger partial charge in [-0.25, -0.2) is 13.1 Å². The molecule has 108 valence electrons. The van der Waals surface area contributed by atoms with Crippen molar-refractivity contribution in [1.29, 1.82) is 0 Å². The number of likely N-dealkylation sites (N-methyl/N-ethyl adjacent to an activating group) is 1. The molecule has 6 nitrogen and oxygen atoms in total. The summed E-state index contributed by atoms with van der Waals surface area (Å²) in [7, 11) is -1.53. The number of hydrogen-bond acceptors (Lipinski definition) is 5. The highest BCUT2D eigenvalue weighted by atomic mass is 32.2. The lowest BCUT2D eigenvalue weighted by Crippen LogP contribution is -2.46. The summed E-state index contributed by atoms with van der Waals surface area (Å²) in [5, 5.41) is 0. The topological polar surface area (TPSA) is 88.6 Å². The van der Waals surface area contributed by atoms with Gasteiger partial charge in [-0.15, -0.1) is 0 Å². The van der Waals surface area contributed by atoms with Gasteiger partial charge in [0.05, 0.1) is 6.54 Å². The summed E-state index contributed by atoms with van der Waals surface area (Å²) < 4.78 is 32.7. The van der Waals surface area contributed by atoms with E-state index in [9.17, 15) is 8.42 Å². The van der Waals surface area contributed by atoms with Crippen LogP contribution in [0.3, 0.4) is 0 Å². The van der Waals surface area contributed by atoms with Crippen molar-refractivity contribution >= 4 is 10.0 Å². The van der Waals surface area contributed by atoms with E-state index in [0.717, 1.165) is 25.9 Å². The number of hydrogen-bond donors (Lipinski definition) is 2. The second-order valence-corrected chi connectivity index (χ2v) is 6.74. The summed E-state index contributed by atoms with van der Waals surface area (Å²) in [6.07, 6.45) is 1.87. The minimum absolute atomic E-state index is 0.0422. The molecular weight excluding hydrogens is 266 g/mol. The van der Waals surface area contributed by atoms with Crippen LogP contribution in [-0.4, -0.2) is 39.5 Å². The molecule has 0 aliphatic carbocycles. The number of piperidine rings is 1. The summed E-state index contributed by atoms with van der Waals surface area (Å²) in [5.41, 5.74) is 5.46. The van der Waals surface area contributed by atoms with Crippen LogP contribution in [0.25, 0.3) is 0 Å². The molecule has 1 aromatic rings. The molecule has 7 heteroatoms. The zero-order chi connectivity index (χ0) is 14.0. The van der Waals surface area contributed by atoms with E-state index in [2.05, 4.69) is 9.62 Å². The van der Waals surface area contributed by atoms with Gasteiger partial charge < -0.3 is 15.1 Å². The van der Waals surface area contributed by atoms with Crippen molar-refractivity contribution in [2.24, 2.45) is 5.73 Å². The number of rotatable bonds is 4. The average molecular weight is 287 g/mol. The first-order chi connectivity index (χ1) is 8.92. The van der Waals surface area contributed by atoms with Crippen LogP contribution < -0.4 is 10.5 Å². The van der Waals surface area contributed by atoms with Gasteiger partial charge >= 0.3 is 0 Å². The van der Waals surface area contributed by atoms with Crippen molar-refractivity contribution in [3.8, 4) is 0 Å². The maximum Gasteiger partial charge on any atom is 0.244 e. The van der Waals surface area contributed by atoms with E-state index in [0.29, 0.717) is 11.5 Å². The molecule has 1 fully saturated rings. The van der Waals surface area contributed by atoms with E-state index in [-0.39, 0.29) is 17.5 Å². The first-order valence-electron chi connectivity index (χ1n) is 6.42. The van der Waals surface area contributed by atoms with Crippen LogP contribution in [0.2, 0.25) is 0 Å². The van der Waals surface area contributed by atoms with Crippen molar-refractivity contribution in [1.82, 2.24) is 9.62 Å². The number of sulfonamides is 1. The first-order valence-corrected chi connectivity index (χ1v) is 7.91. The number of nitrogens with zero attached hydrogens (tertiary/aromatic N) is 1. The quantitative estimate of drug-likeness (QED) is 0.838. The van der Waals surface area contributed by atoms with Crippen molar-refractivity contribution in [3.63, 3.8) is 0 Å². The van der Waals surface area contributed by atoms with Gasteiger partial charge in [0.25, 0.3) is 0 Å². The Kier molecular flexibility index (Phi) is 4.29. The summed E-state index contributed by atoms with van der Waals surface area (Å²) in [4.78, 5) is 2.32. The minimum Gasteiger partial charge on any atom is -0.464 e. The molecule has 2 heterocycles. The standard InChI is InChI=1S/C12H21N3O3S/c1-9-12(6-11(7-13)18-9)19(16,17)14-10-4-3-5-15(2)8-10/h6,10,14H,3-5,7-8,13H2,1-2H3. The number of furan rings is 1. The van der Waals surface area contributed by atoms with E-state index in [1.54, 1.807) is 6.92 Å². The van der Waals surface area contributed by atoms with Gasteiger partial charge in [-0.2, -0.15) is 0 Å². The van der Waals surface area contributed by atoms with E-state index >= 15 is 0 Å². The van der Waals surface area contributed by atoms with Gasteiger partial charge in [0, 0.05) is 18.7 Å². The highest BCUT2D eigenvalue weighted by molar-refractivity contribution is 7.89. The molecule has 0 saturated carbocycles. The fourth-order valence-corrected chi connectivity index (χ4v) is 3.90. The SMILES string of the molecule is Cc1oc(CN)cc1S(=O)(=O)NC1CCCN(C)C1. The maximum atomic E-state index is 12.3. The predicted molar refractivity (Wildman–Crippen MR) is 72.2 cm³/mol. The molecule has 1 saturated heterocycles. The van der Waals surface area contributed by atoms with E-state index < -0.39 is 10.0 Å². The zero-order valence-corrected chi connectivity index (χ0v) is 12.2. The number of likely N-dealkylation sites (tertiary alicyclic amines) is 1. The largest absolute Gasteiger partial charge is 0.464 e. The predicted octanol–water partition coefficient (Wildman–Crippen LogP) is 0.419. The second-order valence-electron chi connectivity index (χ2n) is 5.06. The van der Waals surface area contributed by atoms with Gasteiger partial charge in [-0.05, 0) is 33.4 Å². The van der Waals surface area contributed by atoms with Crippen LogP contribution in [0.15, 0.2) is 15.4 Å². The molecular formula is C12H21N3O3S. The fourth-order valence-electron chi connectivity index (χ4n) is 2.44. The minimum atomic E-state index is -3.53. The second kappa shape index (κ2) is 5.62. The molecule has 1 aliphatic heterocycles. The Morgan fingerprint density at radius 2 is 2.32 bits per heavy atom. The summed E-state index contributed by atoms with van der Waals surface area (Å²) in [6, 6.07) is 1.46.